The van der Waals surface area contributed by atoms with Gasteiger partial charge in [-0.05, 0) is 52.1 Å². The molecule has 0 aromatic rings. The van der Waals surface area contributed by atoms with Crippen molar-refractivity contribution in [1.29, 1.82) is 0 Å². The number of hydrogen-bond donors (Lipinski definition) is 1. The fraction of sp³-hybridized carbons (Fsp3) is 1.00. The molecule has 18 heavy (non-hydrogen) atoms. The maximum atomic E-state index is 5.88. The van der Waals surface area contributed by atoms with Crippen molar-refractivity contribution in [2.45, 2.75) is 58.0 Å². The second-order valence-corrected chi connectivity index (χ2v) is 5.93. The first-order valence-corrected chi connectivity index (χ1v) is 7.40. The van der Waals surface area contributed by atoms with Gasteiger partial charge in [0.25, 0.3) is 0 Å². The minimum Gasteiger partial charge on any atom is -0.350 e. The summed E-state index contributed by atoms with van der Waals surface area (Å²) in [5.74, 6) is 0.725. The summed E-state index contributed by atoms with van der Waals surface area (Å²) in [5, 5.41) is 0. The molecule has 4 heteroatoms. The Morgan fingerprint density at radius 3 is 2.94 bits per heavy atom. The molecule has 3 unspecified atom stereocenters. The lowest BCUT2D eigenvalue weighted by molar-refractivity contribution is -0.0777. The third-order valence-electron chi connectivity index (χ3n) is 4.11. The van der Waals surface area contributed by atoms with E-state index in [0.29, 0.717) is 12.6 Å². The highest BCUT2D eigenvalue weighted by Crippen LogP contribution is 2.26. The molecule has 0 amide bonds. The molecule has 2 N–H and O–H groups in total. The van der Waals surface area contributed by atoms with Crippen molar-refractivity contribution in [3.8, 4) is 0 Å². The zero-order valence-electron chi connectivity index (χ0n) is 11.8. The Hall–Kier alpha value is -0.160. The van der Waals surface area contributed by atoms with E-state index in [9.17, 15) is 0 Å². The number of rotatable bonds is 5. The molecule has 0 aliphatic carbocycles. The van der Waals surface area contributed by atoms with E-state index in [4.69, 9.17) is 15.2 Å². The Morgan fingerprint density at radius 2 is 2.22 bits per heavy atom. The zero-order valence-corrected chi connectivity index (χ0v) is 11.8. The Bertz CT molecular complexity index is 248. The van der Waals surface area contributed by atoms with Crippen LogP contribution in [0.3, 0.4) is 0 Å². The summed E-state index contributed by atoms with van der Waals surface area (Å²) in [7, 11) is 0. The van der Waals surface area contributed by atoms with Crippen molar-refractivity contribution in [1.82, 2.24) is 4.90 Å². The van der Waals surface area contributed by atoms with E-state index in [-0.39, 0.29) is 12.4 Å². The lowest BCUT2D eigenvalue weighted by Crippen LogP contribution is -2.40. The molecule has 2 rings (SSSR count). The maximum Gasteiger partial charge on any atom is 0.158 e. The molecular formula is C14H28N2O2. The fourth-order valence-electron chi connectivity index (χ4n) is 3.00. The minimum atomic E-state index is 0.0127. The first-order chi connectivity index (χ1) is 8.69. The molecule has 0 aromatic heterocycles. The quantitative estimate of drug-likeness (QED) is 0.811. The highest BCUT2D eigenvalue weighted by Gasteiger charge is 2.30. The molecule has 3 atom stereocenters. The van der Waals surface area contributed by atoms with Gasteiger partial charge < -0.3 is 20.1 Å². The normalized spacial score (nSPS) is 34.3. The highest BCUT2D eigenvalue weighted by molar-refractivity contribution is 4.77. The van der Waals surface area contributed by atoms with Crippen molar-refractivity contribution < 1.29 is 9.47 Å². The molecule has 2 aliphatic rings. The molecule has 0 bridgehead atoms. The van der Waals surface area contributed by atoms with E-state index in [1.54, 1.807) is 0 Å². The van der Waals surface area contributed by atoms with Crippen LogP contribution in [-0.4, -0.2) is 49.6 Å². The van der Waals surface area contributed by atoms with Gasteiger partial charge in [0, 0.05) is 19.0 Å². The second kappa shape index (κ2) is 6.85. The van der Waals surface area contributed by atoms with Gasteiger partial charge in [0.15, 0.2) is 6.29 Å². The smallest absolute Gasteiger partial charge is 0.158 e. The molecule has 2 heterocycles. The Morgan fingerprint density at radius 1 is 1.39 bits per heavy atom. The molecule has 0 spiro atoms. The molecule has 0 radical (unpaired) electrons. The highest BCUT2D eigenvalue weighted by atomic mass is 16.7. The van der Waals surface area contributed by atoms with Crippen molar-refractivity contribution in [2.75, 3.05) is 26.2 Å². The van der Waals surface area contributed by atoms with Crippen LogP contribution >= 0.6 is 0 Å². The zero-order chi connectivity index (χ0) is 13.0. The average Bonchev–Trinajstić information content (AvgIpc) is 2.77. The molecule has 0 saturated carbocycles. The topological polar surface area (TPSA) is 47.7 Å². The molecule has 0 aromatic carbocycles. The van der Waals surface area contributed by atoms with Gasteiger partial charge >= 0.3 is 0 Å². The Labute approximate surface area is 111 Å². The summed E-state index contributed by atoms with van der Waals surface area (Å²) >= 11 is 0. The maximum absolute atomic E-state index is 5.88. The van der Waals surface area contributed by atoms with Crippen LogP contribution in [0.25, 0.3) is 0 Å². The van der Waals surface area contributed by atoms with Gasteiger partial charge in [-0.1, -0.05) is 0 Å². The third kappa shape index (κ3) is 3.92. The van der Waals surface area contributed by atoms with Gasteiger partial charge in [-0.25, -0.2) is 0 Å². The van der Waals surface area contributed by atoms with Crippen LogP contribution in [0, 0.1) is 5.92 Å². The van der Waals surface area contributed by atoms with E-state index in [1.165, 1.54) is 25.9 Å². The lowest BCUT2D eigenvalue weighted by Gasteiger charge is -2.36. The summed E-state index contributed by atoms with van der Waals surface area (Å²) in [5.41, 5.74) is 5.55. The fourth-order valence-corrected chi connectivity index (χ4v) is 3.00. The SMILES string of the molecule is CC(C)N1CCCC(CC2OCC(CCN)O2)C1. The van der Waals surface area contributed by atoms with Crippen molar-refractivity contribution in [3.05, 3.63) is 0 Å². The number of hydrogen-bond acceptors (Lipinski definition) is 4. The lowest BCUT2D eigenvalue weighted by atomic mass is 9.94. The molecular weight excluding hydrogens is 228 g/mol. The van der Waals surface area contributed by atoms with Crippen molar-refractivity contribution in [3.63, 3.8) is 0 Å². The first kappa shape index (κ1) is 14.3. The van der Waals surface area contributed by atoms with Gasteiger partial charge in [0.1, 0.15) is 0 Å². The van der Waals surface area contributed by atoms with Gasteiger partial charge in [-0.15, -0.1) is 0 Å². The summed E-state index contributed by atoms with van der Waals surface area (Å²) in [6.07, 6.45) is 4.82. The third-order valence-corrected chi connectivity index (χ3v) is 4.11. The molecule has 2 aliphatic heterocycles. The summed E-state index contributed by atoms with van der Waals surface area (Å²) in [6.45, 7) is 8.41. The summed E-state index contributed by atoms with van der Waals surface area (Å²) in [4.78, 5) is 2.57. The minimum absolute atomic E-state index is 0.0127. The van der Waals surface area contributed by atoms with Gasteiger partial charge in [0.2, 0.25) is 0 Å². The molecule has 4 nitrogen and oxygen atoms in total. The van der Waals surface area contributed by atoms with Crippen molar-refractivity contribution >= 4 is 0 Å². The Balaban J connectivity index is 1.73. The van der Waals surface area contributed by atoms with Crippen LogP contribution in [0.5, 0.6) is 0 Å². The van der Waals surface area contributed by atoms with E-state index >= 15 is 0 Å². The average molecular weight is 256 g/mol. The van der Waals surface area contributed by atoms with Gasteiger partial charge in [0.05, 0.1) is 12.7 Å². The van der Waals surface area contributed by atoms with Crippen LogP contribution in [0.1, 0.15) is 39.5 Å². The second-order valence-electron chi connectivity index (χ2n) is 5.93. The predicted molar refractivity (Wildman–Crippen MR) is 72.3 cm³/mol. The first-order valence-electron chi connectivity index (χ1n) is 7.40. The number of piperidine rings is 1. The van der Waals surface area contributed by atoms with Gasteiger partial charge in [-0.3, -0.25) is 0 Å². The van der Waals surface area contributed by atoms with Crippen LogP contribution in [0.2, 0.25) is 0 Å². The van der Waals surface area contributed by atoms with Gasteiger partial charge in [-0.2, -0.15) is 0 Å². The Kier molecular flexibility index (Phi) is 5.42. The predicted octanol–water partition coefficient (Wildman–Crippen LogP) is 1.59. The van der Waals surface area contributed by atoms with E-state index in [0.717, 1.165) is 25.4 Å². The van der Waals surface area contributed by atoms with Crippen LogP contribution in [-0.2, 0) is 9.47 Å². The van der Waals surface area contributed by atoms with E-state index < -0.39 is 0 Å². The molecule has 2 fully saturated rings. The van der Waals surface area contributed by atoms with E-state index in [1.807, 2.05) is 0 Å². The van der Waals surface area contributed by atoms with Crippen LogP contribution in [0.4, 0.5) is 0 Å². The van der Waals surface area contributed by atoms with Crippen LogP contribution < -0.4 is 5.73 Å². The summed E-state index contributed by atoms with van der Waals surface area (Å²) in [6, 6.07) is 0.656. The monoisotopic (exact) mass is 256 g/mol. The van der Waals surface area contributed by atoms with E-state index in [2.05, 4.69) is 18.7 Å². The molecule has 2 saturated heterocycles. The number of ether oxygens (including phenoxy) is 2. The number of nitrogens with zero attached hydrogens (tertiary/aromatic N) is 1. The molecule has 106 valence electrons. The largest absolute Gasteiger partial charge is 0.350 e. The summed E-state index contributed by atoms with van der Waals surface area (Å²) < 4.78 is 11.6. The number of likely N-dealkylation sites (tertiary alicyclic amines) is 1. The number of nitrogens with two attached hydrogens (primary N) is 1. The standard InChI is InChI=1S/C14H28N2O2/c1-11(2)16-7-3-4-12(9-16)8-14-17-10-13(18-14)5-6-15/h11-14H,3-10,15H2,1-2H3. The van der Waals surface area contributed by atoms with Crippen LogP contribution in [0.15, 0.2) is 0 Å². The van der Waals surface area contributed by atoms with Crippen molar-refractivity contribution in [2.24, 2.45) is 11.7 Å².